The summed E-state index contributed by atoms with van der Waals surface area (Å²) in [7, 11) is 4.89. The Morgan fingerprint density at radius 1 is 0.607 bits per heavy atom. The topological polar surface area (TPSA) is 60.0 Å². The van der Waals surface area contributed by atoms with Gasteiger partial charge in [-0.3, -0.25) is 0 Å². The van der Waals surface area contributed by atoms with E-state index in [0.29, 0.717) is 0 Å². The maximum Gasteiger partial charge on any atom is 0.119 e. The molecular formula is C23H25NO4. The van der Waals surface area contributed by atoms with Gasteiger partial charge in [-0.15, -0.1) is 0 Å². The van der Waals surface area contributed by atoms with Crippen molar-refractivity contribution in [1.82, 2.24) is 0 Å². The van der Waals surface area contributed by atoms with Crippen molar-refractivity contribution < 1.29 is 19.3 Å². The van der Waals surface area contributed by atoms with Crippen molar-refractivity contribution >= 4 is 5.69 Å². The highest BCUT2D eigenvalue weighted by Gasteiger charge is 2.23. The third kappa shape index (κ3) is 4.56. The van der Waals surface area contributed by atoms with Crippen LogP contribution in [-0.4, -0.2) is 26.4 Å². The molecule has 0 saturated heterocycles. The molecule has 3 aromatic rings. The number of ether oxygens (including phenoxy) is 3. The van der Waals surface area contributed by atoms with Crippen LogP contribution in [0.2, 0.25) is 0 Å². The van der Waals surface area contributed by atoms with Crippen LogP contribution in [-0.2, 0) is 0 Å². The number of hydrogen-bond donors (Lipinski definition) is 2. The average molecular weight is 379 g/mol. The molecule has 0 aromatic heterocycles. The number of hydrogen-bond acceptors (Lipinski definition) is 5. The van der Waals surface area contributed by atoms with Crippen LogP contribution in [0.4, 0.5) is 5.69 Å². The maximum atomic E-state index is 11.1. The zero-order valence-electron chi connectivity index (χ0n) is 16.3. The van der Waals surface area contributed by atoms with Crippen LogP contribution in [0.3, 0.4) is 0 Å². The fourth-order valence-electron chi connectivity index (χ4n) is 3.02. The number of rotatable bonds is 8. The van der Waals surface area contributed by atoms with Crippen molar-refractivity contribution in [2.75, 3.05) is 26.6 Å². The molecule has 5 nitrogen and oxygen atoms in total. The lowest BCUT2D eigenvalue weighted by Gasteiger charge is -2.26. The number of aliphatic hydroxyl groups is 1. The van der Waals surface area contributed by atoms with Crippen LogP contribution in [0.1, 0.15) is 23.3 Å². The standard InChI is InChI=1S/C23H25NO4/c1-26-19-10-4-16(5-11-19)22(24-18-8-14-21(28-3)15-9-18)23(25)17-6-12-20(27-2)13-7-17/h4-15,22-25H,1-3H3. The van der Waals surface area contributed by atoms with E-state index in [1.165, 1.54) is 0 Å². The van der Waals surface area contributed by atoms with Crippen molar-refractivity contribution in [3.63, 3.8) is 0 Å². The number of aliphatic hydroxyl groups excluding tert-OH is 1. The second-order valence-corrected chi connectivity index (χ2v) is 6.34. The van der Waals surface area contributed by atoms with E-state index in [4.69, 9.17) is 14.2 Å². The van der Waals surface area contributed by atoms with Crippen molar-refractivity contribution in [2.24, 2.45) is 0 Å². The molecule has 3 rings (SSSR count). The number of nitrogens with one attached hydrogen (secondary N) is 1. The van der Waals surface area contributed by atoms with Crippen molar-refractivity contribution in [2.45, 2.75) is 12.1 Å². The first-order valence-corrected chi connectivity index (χ1v) is 9.01. The van der Waals surface area contributed by atoms with Crippen LogP contribution in [0.5, 0.6) is 17.2 Å². The molecular weight excluding hydrogens is 354 g/mol. The molecule has 2 atom stereocenters. The number of methoxy groups -OCH3 is 3. The van der Waals surface area contributed by atoms with E-state index >= 15 is 0 Å². The molecule has 0 saturated carbocycles. The molecule has 3 aromatic carbocycles. The largest absolute Gasteiger partial charge is 0.497 e. The molecule has 0 aliphatic heterocycles. The summed E-state index contributed by atoms with van der Waals surface area (Å²) in [4.78, 5) is 0. The monoisotopic (exact) mass is 379 g/mol. The molecule has 0 amide bonds. The summed E-state index contributed by atoms with van der Waals surface area (Å²) in [5.41, 5.74) is 2.62. The van der Waals surface area contributed by atoms with E-state index in [1.807, 2.05) is 72.8 Å². The summed E-state index contributed by atoms with van der Waals surface area (Å²) < 4.78 is 15.7. The second kappa shape index (κ2) is 9.15. The quantitative estimate of drug-likeness (QED) is 0.599. The van der Waals surface area contributed by atoms with Gasteiger partial charge in [0.2, 0.25) is 0 Å². The fraction of sp³-hybridized carbons (Fsp3) is 0.217. The molecule has 2 unspecified atom stereocenters. The highest BCUT2D eigenvalue weighted by atomic mass is 16.5. The third-order valence-electron chi connectivity index (χ3n) is 4.66. The first kappa shape index (κ1) is 19.6. The van der Waals surface area contributed by atoms with E-state index in [1.54, 1.807) is 21.3 Å². The predicted molar refractivity (Wildman–Crippen MR) is 110 cm³/mol. The van der Waals surface area contributed by atoms with Crippen LogP contribution < -0.4 is 19.5 Å². The van der Waals surface area contributed by atoms with E-state index in [-0.39, 0.29) is 6.04 Å². The molecule has 0 radical (unpaired) electrons. The fourth-order valence-corrected chi connectivity index (χ4v) is 3.02. The minimum Gasteiger partial charge on any atom is -0.497 e. The summed E-state index contributed by atoms with van der Waals surface area (Å²) in [6.45, 7) is 0. The van der Waals surface area contributed by atoms with Crippen LogP contribution >= 0.6 is 0 Å². The molecule has 0 spiro atoms. The lowest BCUT2D eigenvalue weighted by atomic mass is 9.95. The van der Waals surface area contributed by atoms with Gasteiger partial charge in [0.25, 0.3) is 0 Å². The summed E-state index contributed by atoms with van der Waals surface area (Å²) in [6, 6.07) is 22.4. The second-order valence-electron chi connectivity index (χ2n) is 6.34. The first-order chi connectivity index (χ1) is 13.6. The molecule has 28 heavy (non-hydrogen) atoms. The molecule has 0 fully saturated rings. The summed E-state index contributed by atoms with van der Waals surface area (Å²) in [5.74, 6) is 2.30. The Morgan fingerprint density at radius 2 is 1.00 bits per heavy atom. The smallest absolute Gasteiger partial charge is 0.119 e. The van der Waals surface area contributed by atoms with Gasteiger partial charge in [0.1, 0.15) is 23.4 Å². The van der Waals surface area contributed by atoms with Crippen LogP contribution in [0, 0.1) is 0 Å². The van der Waals surface area contributed by atoms with E-state index in [0.717, 1.165) is 34.1 Å². The van der Waals surface area contributed by atoms with Crippen LogP contribution in [0.25, 0.3) is 0 Å². The van der Waals surface area contributed by atoms with Gasteiger partial charge in [-0.05, 0) is 59.7 Å². The Kier molecular flexibility index (Phi) is 6.40. The van der Waals surface area contributed by atoms with E-state index in [9.17, 15) is 5.11 Å². The van der Waals surface area contributed by atoms with Gasteiger partial charge >= 0.3 is 0 Å². The SMILES string of the molecule is COc1ccc(NC(c2ccc(OC)cc2)C(O)c2ccc(OC)cc2)cc1. The highest BCUT2D eigenvalue weighted by Crippen LogP contribution is 2.34. The van der Waals surface area contributed by atoms with E-state index < -0.39 is 6.10 Å². The van der Waals surface area contributed by atoms with Gasteiger partial charge in [0.05, 0.1) is 27.4 Å². The Bertz CT molecular complexity index is 861. The number of anilines is 1. The summed E-state index contributed by atoms with van der Waals surface area (Å²) >= 11 is 0. The Labute approximate surface area is 165 Å². The molecule has 0 heterocycles. The first-order valence-electron chi connectivity index (χ1n) is 9.01. The van der Waals surface area contributed by atoms with Gasteiger partial charge in [-0.1, -0.05) is 24.3 Å². The maximum absolute atomic E-state index is 11.1. The van der Waals surface area contributed by atoms with E-state index in [2.05, 4.69) is 5.32 Å². The summed E-state index contributed by atoms with van der Waals surface area (Å²) in [6.07, 6.45) is -0.763. The lowest BCUT2D eigenvalue weighted by Crippen LogP contribution is -2.19. The Morgan fingerprint density at radius 3 is 1.43 bits per heavy atom. The van der Waals surface area contributed by atoms with Crippen LogP contribution in [0.15, 0.2) is 72.8 Å². The predicted octanol–water partition coefficient (Wildman–Crippen LogP) is 4.60. The minimum absolute atomic E-state index is 0.354. The summed E-state index contributed by atoms with van der Waals surface area (Å²) in [5, 5.41) is 14.6. The van der Waals surface area contributed by atoms with Gasteiger partial charge in [0.15, 0.2) is 0 Å². The Hall–Kier alpha value is -3.18. The molecule has 146 valence electrons. The molecule has 2 N–H and O–H groups in total. The van der Waals surface area contributed by atoms with Crippen molar-refractivity contribution in [3.05, 3.63) is 83.9 Å². The van der Waals surface area contributed by atoms with Gasteiger partial charge in [-0.2, -0.15) is 0 Å². The molecule has 0 aliphatic carbocycles. The minimum atomic E-state index is -0.763. The van der Waals surface area contributed by atoms with Crippen molar-refractivity contribution in [3.8, 4) is 17.2 Å². The highest BCUT2D eigenvalue weighted by molar-refractivity contribution is 5.49. The average Bonchev–Trinajstić information content (AvgIpc) is 2.77. The Balaban J connectivity index is 1.91. The van der Waals surface area contributed by atoms with Gasteiger partial charge < -0.3 is 24.6 Å². The van der Waals surface area contributed by atoms with Gasteiger partial charge in [0, 0.05) is 5.69 Å². The normalized spacial score (nSPS) is 12.7. The molecule has 5 heteroatoms. The third-order valence-corrected chi connectivity index (χ3v) is 4.66. The lowest BCUT2D eigenvalue weighted by molar-refractivity contribution is 0.155. The molecule has 0 aliphatic rings. The number of benzene rings is 3. The van der Waals surface area contributed by atoms with Gasteiger partial charge in [-0.25, -0.2) is 0 Å². The molecule has 0 bridgehead atoms. The van der Waals surface area contributed by atoms with Crippen molar-refractivity contribution in [1.29, 1.82) is 0 Å². The zero-order valence-corrected chi connectivity index (χ0v) is 16.3. The zero-order chi connectivity index (χ0) is 19.9.